The fourth-order valence-corrected chi connectivity index (χ4v) is 2.55. The number of methoxy groups -OCH3 is 1. The molecule has 6 heteroatoms. The lowest BCUT2D eigenvalue weighted by Crippen LogP contribution is -2.07. The molecule has 2 nitrogen and oxygen atoms in total. The minimum Gasteiger partial charge on any atom is -0.494 e. The molecule has 0 aromatic rings. The van der Waals surface area contributed by atoms with Crippen LogP contribution in [0.1, 0.15) is 47.0 Å². The van der Waals surface area contributed by atoms with Crippen LogP contribution < -0.4 is 0 Å². The van der Waals surface area contributed by atoms with E-state index in [1.807, 2.05) is 0 Å². The summed E-state index contributed by atoms with van der Waals surface area (Å²) in [5, 5.41) is 9.31. The van der Waals surface area contributed by atoms with Crippen molar-refractivity contribution in [2.75, 3.05) is 7.11 Å². The largest absolute Gasteiger partial charge is 0.494 e. The lowest BCUT2D eigenvalue weighted by atomic mass is 9.88. The van der Waals surface area contributed by atoms with Crippen LogP contribution in [0.4, 0.5) is 17.6 Å². The number of hydrogen-bond acceptors (Lipinski definition) is 2. The number of aliphatic hydroxyl groups excluding tert-OH is 1. The first-order valence-corrected chi connectivity index (χ1v) is 10.0. The van der Waals surface area contributed by atoms with Crippen molar-refractivity contribution in [1.29, 1.82) is 0 Å². The summed E-state index contributed by atoms with van der Waals surface area (Å²) in [4.78, 5) is 0. The van der Waals surface area contributed by atoms with Crippen molar-refractivity contribution in [1.82, 2.24) is 0 Å². The molecule has 0 amide bonds. The van der Waals surface area contributed by atoms with Crippen LogP contribution in [0.3, 0.4) is 0 Å². The fourth-order valence-electron chi connectivity index (χ4n) is 2.55. The summed E-state index contributed by atoms with van der Waals surface area (Å²) in [6.45, 7) is 20.6. The highest BCUT2D eigenvalue weighted by Crippen LogP contribution is 2.34. The van der Waals surface area contributed by atoms with Crippen LogP contribution in [0.15, 0.2) is 83.8 Å². The van der Waals surface area contributed by atoms with Gasteiger partial charge in [0.1, 0.15) is 5.76 Å². The van der Waals surface area contributed by atoms with Crippen LogP contribution in [0, 0.1) is 11.8 Å². The number of aliphatic hydroxyl groups is 1. The summed E-state index contributed by atoms with van der Waals surface area (Å²) >= 11 is 0. The van der Waals surface area contributed by atoms with Crippen molar-refractivity contribution in [2.24, 2.45) is 11.8 Å². The van der Waals surface area contributed by atoms with Gasteiger partial charge >= 0.3 is 0 Å². The summed E-state index contributed by atoms with van der Waals surface area (Å²) < 4.78 is 61.7. The summed E-state index contributed by atoms with van der Waals surface area (Å²) in [6, 6.07) is 0. The fraction of sp³-hybridized carbons (Fsp3) is 0.440. The first-order valence-electron chi connectivity index (χ1n) is 10.0. The maximum absolute atomic E-state index is 14.6. The van der Waals surface area contributed by atoms with Crippen LogP contribution in [0.25, 0.3) is 0 Å². The molecule has 31 heavy (non-hydrogen) atoms. The molecule has 3 unspecified atom stereocenters. The van der Waals surface area contributed by atoms with E-state index < -0.39 is 47.0 Å². The number of rotatable bonds is 13. The Bertz CT molecular complexity index is 800. The normalized spacial score (nSPS) is 16.5. The third-order valence-electron chi connectivity index (χ3n) is 5.17. The van der Waals surface area contributed by atoms with E-state index in [2.05, 4.69) is 31.1 Å². The van der Waals surface area contributed by atoms with Crippen LogP contribution >= 0.6 is 0 Å². The van der Waals surface area contributed by atoms with Crippen molar-refractivity contribution < 1.29 is 27.4 Å². The SMILES string of the molecule is C=C(OC)/C(F)=C(/F)C(=C)C(C)CCC(C)C(=C)/C(F)=C(/F)C(=C)/C(C)=C/CC(C)O. The van der Waals surface area contributed by atoms with E-state index in [-0.39, 0.29) is 16.7 Å². The third kappa shape index (κ3) is 8.74. The van der Waals surface area contributed by atoms with Gasteiger partial charge in [-0.25, -0.2) is 13.2 Å². The summed E-state index contributed by atoms with van der Waals surface area (Å²) in [5.41, 5.74) is 0.188. The molecule has 3 atom stereocenters. The molecule has 0 aliphatic carbocycles. The molecular formula is C25H34F4O2. The highest BCUT2D eigenvalue weighted by Gasteiger charge is 2.22. The van der Waals surface area contributed by atoms with Gasteiger partial charge in [-0.2, -0.15) is 4.39 Å². The molecule has 0 fully saturated rings. The molecule has 0 saturated heterocycles. The third-order valence-corrected chi connectivity index (χ3v) is 5.17. The van der Waals surface area contributed by atoms with Gasteiger partial charge in [0.2, 0.25) is 0 Å². The van der Waals surface area contributed by atoms with Gasteiger partial charge in [0.25, 0.3) is 0 Å². The lowest BCUT2D eigenvalue weighted by Gasteiger charge is -2.19. The molecule has 0 heterocycles. The van der Waals surface area contributed by atoms with E-state index in [0.29, 0.717) is 24.8 Å². The van der Waals surface area contributed by atoms with Gasteiger partial charge < -0.3 is 9.84 Å². The zero-order valence-electron chi connectivity index (χ0n) is 19.1. The van der Waals surface area contributed by atoms with Gasteiger partial charge in [0.15, 0.2) is 23.3 Å². The van der Waals surface area contributed by atoms with Gasteiger partial charge in [-0.1, -0.05) is 46.2 Å². The van der Waals surface area contributed by atoms with E-state index >= 15 is 0 Å². The zero-order valence-corrected chi connectivity index (χ0v) is 19.1. The molecule has 174 valence electrons. The quantitative estimate of drug-likeness (QED) is 0.179. The zero-order chi connectivity index (χ0) is 24.5. The number of ether oxygens (including phenoxy) is 1. The van der Waals surface area contributed by atoms with E-state index in [1.54, 1.807) is 33.8 Å². The maximum Gasteiger partial charge on any atom is 0.200 e. The van der Waals surface area contributed by atoms with Crippen molar-refractivity contribution in [2.45, 2.75) is 53.1 Å². The minimum absolute atomic E-state index is 0.0465. The van der Waals surface area contributed by atoms with Crippen molar-refractivity contribution in [3.8, 4) is 0 Å². The van der Waals surface area contributed by atoms with Crippen molar-refractivity contribution in [3.63, 3.8) is 0 Å². The Labute approximate surface area is 183 Å². The highest BCUT2D eigenvalue weighted by atomic mass is 19.2. The summed E-state index contributed by atoms with van der Waals surface area (Å²) in [7, 11) is 1.18. The standard InChI is InChI=1S/C25H34F4O2/c1-14(10-11-15(2)20(7)24(28)25(29)21(8)31-9)18(5)22(26)23(27)19(6)16(3)12-13-17(4)30/h12,14-15,17,30H,5-8,10-11,13H2,1-4,9H3/b16-12+,23-22-,25-24-. The van der Waals surface area contributed by atoms with Crippen LogP contribution in [-0.2, 0) is 4.74 Å². The monoisotopic (exact) mass is 442 g/mol. The molecule has 0 aliphatic rings. The van der Waals surface area contributed by atoms with Gasteiger partial charge in [-0.05, 0) is 61.7 Å². The molecule has 0 aromatic heterocycles. The first-order chi connectivity index (χ1) is 14.3. The van der Waals surface area contributed by atoms with Gasteiger partial charge in [-0.3, -0.25) is 0 Å². The predicted octanol–water partition coefficient (Wildman–Crippen LogP) is 7.89. The Morgan fingerprint density at radius 2 is 1.26 bits per heavy atom. The Kier molecular flexibility index (Phi) is 12.2. The Balaban J connectivity index is 5.18. The molecule has 0 rings (SSSR count). The second-order valence-corrected chi connectivity index (χ2v) is 7.76. The Morgan fingerprint density at radius 3 is 1.65 bits per heavy atom. The summed E-state index contributed by atoms with van der Waals surface area (Å²) in [6.07, 6.45) is 1.97. The maximum atomic E-state index is 14.6. The first kappa shape index (κ1) is 28.7. The lowest BCUT2D eigenvalue weighted by molar-refractivity contribution is 0.198. The molecule has 0 radical (unpaired) electrons. The van der Waals surface area contributed by atoms with E-state index in [1.165, 1.54) is 7.11 Å². The van der Waals surface area contributed by atoms with E-state index in [0.717, 1.165) is 0 Å². The van der Waals surface area contributed by atoms with Gasteiger partial charge in [-0.15, -0.1) is 0 Å². The van der Waals surface area contributed by atoms with Crippen LogP contribution in [0.5, 0.6) is 0 Å². The van der Waals surface area contributed by atoms with Gasteiger partial charge in [0, 0.05) is 5.57 Å². The molecule has 0 aliphatic heterocycles. The second kappa shape index (κ2) is 13.2. The predicted molar refractivity (Wildman–Crippen MR) is 120 cm³/mol. The Morgan fingerprint density at radius 1 is 0.839 bits per heavy atom. The van der Waals surface area contributed by atoms with E-state index in [9.17, 15) is 22.7 Å². The molecule has 0 aromatic carbocycles. The van der Waals surface area contributed by atoms with Crippen molar-refractivity contribution >= 4 is 0 Å². The second-order valence-electron chi connectivity index (χ2n) is 7.76. The average molecular weight is 443 g/mol. The molecular weight excluding hydrogens is 408 g/mol. The molecule has 1 N–H and O–H groups in total. The van der Waals surface area contributed by atoms with Crippen molar-refractivity contribution in [3.05, 3.63) is 83.8 Å². The van der Waals surface area contributed by atoms with Crippen LogP contribution in [0.2, 0.25) is 0 Å². The molecule has 0 spiro atoms. The minimum atomic E-state index is -1.22. The average Bonchev–Trinajstić information content (AvgIpc) is 2.76. The smallest absolute Gasteiger partial charge is 0.200 e. The topological polar surface area (TPSA) is 29.5 Å². The van der Waals surface area contributed by atoms with Gasteiger partial charge in [0.05, 0.1) is 13.2 Å². The number of allylic oxidation sites excluding steroid dienone is 8. The molecule has 0 bridgehead atoms. The van der Waals surface area contributed by atoms with Crippen LogP contribution in [-0.4, -0.2) is 18.3 Å². The Hall–Kier alpha value is -2.34. The highest BCUT2D eigenvalue weighted by molar-refractivity contribution is 5.45. The molecule has 0 saturated carbocycles. The number of hydrogen-bond donors (Lipinski definition) is 1. The van der Waals surface area contributed by atoms with E-state index in [4.69, 9.17) is 0 Å². The summed E-state index contributed by atoms with van der Waals surface area (Å²) in [5.74, 6) is -5.91. The number of halogens is 4.